The molecule has 2 aromatic rings. The number of hydrogen-bond donors (Lipinski definition) is 0. The summed E-state index contributed by atoms with van der Waals surface area (Å²) in [6.07, 6.45) is 0. The maximum Gasteiger partial charge on any atom is 0.272 e. The molecule has 1 aromatic carbocycles. The Kier molecular flexibility index (Phi) is 4.00. The Morgan fingerprint density at radius 3 is 2.60 bits per heavy atom. The predicted molar refractivity (Wildman–Crippen MR) is 83.2 cm³/mol. The van der Waals surface area contributed by atoms with E-state index >= 15 is 0 Å². The molecule has 4 heteroatoms. The van der Waals surface area contributed by atoms with Gasteiger partial charge in [-0.3, -0.25) is 4.79 Å². The first-order valence-corrected chi connectivity index (χ1v) is 6.96. The summed E-state index contributed by atoms with van der Waals surface area (Å²) >= 11 is 6.16. The van der Waals surface area contributed by atoms with Gasteiger partial charge in [0.2, 0.25) is 0 Å². The van der Waals surface area contributed by atoms with Gasteiger partial charge in [-0.25, -0.2) is 4.98 Å². The lowest BCUT2D eigenvalue weighted by atomic mass is 9.96. The van der Waals surface area contributed by atoms with Gasteiger partial charge >= 0.3 is 0 Å². The number of carbonyl (C=O) groups is 1. The molecular formula is C16H19ClN2O. The second kappa shape index (κ2) is 5.41. The molecule has 3 nitrogen and oxygen atoms in total. The van der Waals surface area contributed by atoms with Crippen LogP contribution in [0.25, 0.3) is 10.8 Å². The summed E-state index contributed by atoms with van der Waals surface area (Å²) in [5.74, 6) is -0.104. The van der Waals surface area contributed by atoms with E-state index in [9.17, 15) is 4.79 Å². The van der Waals surface area contributed by atoms with E-state index in [2.05, 4.69) is 25.8 Å². The Labute approximate surface area is 124 Å². The van der Waals surface area contributed by atoms with Crippen LogP contribution in [0.1, 0.15) is 31.3 Å². The van der Waals surface area contributed by atoms with Crippen molar-refractivity contribution < 1.29 is 4.79 Å². The minimum Gasteiger partial charge on any atom is -0.340 e. The van der Waals surface area contributed by atoms with Crippen molar-refractivity contribution in [3.05, 3.63) is 41.2 Å². The Balaban J connectivity index is 2.35. The van der Waals surface area contributed by atoms with Crippen molar-refractivity contribution in [2.45, 2.75) is 20.8 Å². The zero-order chi connectivity index (χ0) is 14.9. The molecule has 1 heterocycles. The van der Waals surface area contributed by atoms with Crippen molar-refractivity contribution in [3.8, 4) is 0 Å². The standard InChI is InChI=1S/C16H19ClN2O/c1-16(2,3)10-19(4)15(20)13-9-11-7-5-6-8-12(11)14(17)18-13/h5-9H,10H2,1-4H3. The lowest BCUT2D eigenvalue weighted by Crippen LogP contribution is -2.34. The number of aromatic nitrogens is 1. The molecule has 1 aromatic heterocycles. The maximum atomic E-state index is 12.4. The van der Waals surface area contributed by atoms with E-state index in [0.29, 0.717) is 17.4 Å². The number of rotatable bonds is 2. The van der Waals surface area contributed by atoms with Gasteiger partial charge in [-0.1, -0.05) is 56.6 Å². The highest BCUT2D eigenvalue weighted by atomic mass is 35.5. The minimum atomic E-state index is -0.104. The van der Waals surface area contributed by atoms with E-state index in [1.165, 1.54) is 0 Å². The first-order valence-electron chi connectivity index (χ1n) is 6.59. The second-order valence-electron chi connectivity index (χ2n) is 6.24. The van der Waals surface area contributed by atoms with Crippen LogP contribution in [0.15, 0.2) is 30.3 Å². The third-order valence-electron chi connectivity index (χ3n) is 2.97. The molecule has 2 rings (SSSR count). The Hall–Kier alpha value is -1.61. The van der Waals surface area contributed by atoms with Crippen LogP contribution in [-0.2, 0) is 0 Å². The third-order valence-corrected chi connectivity index (χ3v) is 3.26. The summed E-state index contributed by atoms with van der Waals surface area (Å²) in [5, 5.41) is 2.17. The van der Waals surface area contributed by atoms with Crippen LogP contribution in [0.2, 0.25) is 5.15 Å². The van der Waals surface area contributed by atoms with E-state index in [-0.39, 0.29) is 11.3 Å². The fourth-order valence-electron chi connectivity index (χ4n) is 2.24. The van der Waals surface area contributed by atoms with Gasteiger partial charge in [-0.15, -0.1) is 0 Å². The molecule has 106 valence electrons. The molecule has 0 bridgehead atoms. The molecule has 0 spiro atoms. The van der Waals surface area contributed by atoms with Gasteiger partial charge in [-0.2, -0.15) is 0 Å². The monoisotopic (exact) mass is 290 g/mol. The van der Waals surface area contributed by atoms with Crippen LogP contribution in [0, 0.1) is 5.41 Å². The number of fused-ring (bicyclic) bond motifs is 1. The molecular weight excluding hydrogens is 272 g/mol. The molecule has 0 aliphatic carbocycles. The number of nitrogens with zero attached hydrogens (tertiary/aromatic N) is 2. The minimum absolute atomic E-state index is 0.0467. The molecule has 0 unspecified atom stereocenters. The quantitative estimate of drug-likeness (QED) is 0.783. The number of hydrogen-bond acceptors (Lipinski definition) is 2. The Morgan fingerprint density at radius 1 is 1.30 bits per heavy atom. The molecule has 20 heavy (non-hydrogen) atoms. The van der Waals surface area contributed by atoms with Crippen LogP contribution in [0.5, 0.6) is 0 Å². The van der Waals surface area contributed by atoms with Crippen LogP contribution in [0.3, 0.4) is 0 Å². The van der Waals surface area contributed by atoms with Crippen molar-refractivity contribution in [2.75, 3.05) is 13.6 Å². The molecule has 1 amide bonds. The predicted octanol–water partition coefficient (Wildman–Crippen LogP) is 4.01. The third kappa shape index (κ3) is 3.28. The molecule has 0 aliphatic rings. The molecule has 0 radical (unpaired) electrons. The number of pyridine rings is 1. The molecule has 0 fully saturated rings. The van der Waals surface area contributed by atoms with E-state index in [0.717, 1.165) is 10.8 Å². The normalized spacial score (nSPS) is 11.7. The van der Waals surface area contributed by atoms with Crippen LogP contribution in [-0.4, -0.2) is 29.4 Å². The SMILES string of the molecule is CN(CC(C)(C)C)C(=O)c1cc2ccccc2c(Cl)n1. The average molecular weight is 291 g/mol. The van der Waals surface area contributed by atoms with Crippen LogP contribution in [0.4, 0.5) is 0 Å². The van der Waals surface area contributed by atoms with E-state index < -0.39 is 0 Å². The van der Waals surface area contributed by atoms with E-state index in [1.807, 2.05) is 24.3 Å². The highest BCUT2D eigenvalue weighted by Crippen LogP contribution is 2.23. The largest absolute Gasteiger partial charge is 0.340 e. The number of amides is 1. The first kappa shape index (κ1) is 14.8. The van der Waals surface area contributed by atoms with Gasteiger partial charge < -0.3 is 4.90 Å². The van der Waals surface area contributed by atoms with Gasteiger partial charge in [0, 0.05) is 19.0 Å². The summed E-state index contributed by atoms with van der Waals surface area (Å²) in [7, 11) is 1.79. The number of benzene rings is 1. The first-order chi connectivity index (χ1) is 9.28. The Bertz CT molecular complexity index is 646. The van der Waals surface area contributed by atoms with Crippen molar-refractivity contribution >= 4 is 28.3 Å². The van der Waals surface area contributed by atoms with Crippen LogP contribution >= 0.6 is 11.6 Å². The smallest absolute Gasteiger partial charge is 0.272 e. The Morgan fingerprint density at radius 2 is 1.95 bits per heavy atom. The van der Waals surface area contributed by atoms with Gasteiger partial charge in [0.25, 0.3) is 5.91 Å². The van der Waals surface area contributed by atoms with Crippen LogP contribution < -0.4 is 0 Å². The van der Waals surface area contributed by atoms with E-state index in [1.54, 1.807) is 18.0 Å². The summed E-state index contributed by atoms with van der Waals surface area (Å²) in [6.45, 7) is 6.95. The maximum absolute atomic E-state index is 12.4. The van der Waals surface area contributed by atoms with Gasteiger partial charge in [0.15, 0.2) is 0 Å². The summed E-state index contributed by atoms with van der Waals surface area (Å²) in [6, 6.07) is 9.46. The molecule has 0 atom stereocenters. The lowest BCUT2D eigenvalue weighted by Gasteiger charge is -2.26. The van der Waals surface area contributed by atoms with Crippen molar-refractivity contribution in [1.29, 1.82) is 0 Å². The van der Waals surface area contributed by atoms with Gasteiger partial charge in [-0.05, 0) is 16.9 Å². The lowest BCUT2D eigenvalue weighted by molar-refractivity contribution is 0.0740. The summed E-state index contributed by atoms with van der Waals surface area (Å²) in [5.41, 5.74) is 0.436. The molecule has 0 N–H and O–H groups in total. The molecule has 0 aliphatic heterocycles. The fraction of sp³-hybridized carbons (Fsp3) is 0.375. The average Bonchev–Trinajstić information content (AvgIpc) is 2.35. The van der Waals surface area contributed by atoms with E-state index in [4.69, 9.17) is 11.6 Å². The fourth-order valence-corrected chi connectivity index (χ4v) is 2.51. The number of halogens is 1. The zero-order valence-corrected chi connectivity index (χ0v) is 13.0. The highest BCUT2D eigenvalue weighted by molar-refractivity contribution is 6.34. The second-order valence-corrected chi connectivity index (χ2v) is 6.60. The van der Waals surface area contributed by atoms with Gasteiger partial charge in [0.05, 0.1) is 0 Å². The summed E-state index contributed by atoms with van der Waals surface area (Å²) in [4.78, 5) is 18.3. The highest BCUT2D eigenvalue weighted by Gasteiger charge is 2.20. The molecule has 0 saturated heterocycles. The number of carbonyl (C=O) groups excluding carboxylic acids is 1. The van der Waals surface area contributed by atoms with Crippen molar-refractivity contribution in [2.24, 2.45) is 5.41 Å². The van der Waals surface area contributed by atoms with Crippen molar-refractivity contribution in [1.82, 2.24) is 9.88 Å². The van der Waals surface area contributed by atoms with Gasteiger partial charge in [0.1, 0.15) is 10.8 Å². The summed E-state index contributed by atoms with van der Waals surface area (Å²) < 4.78 is 0. The van der Waals surface area contributed by atoms with Crippen molar-refractivity contribution in [3.63, 3.8) is 0 Å². The molecule has 0 saturated carbocycles. The topological polar surface area (TPSA) is 33.2 Å². The zero-order valence-electron chi connectivity index (χ0n) is 12.3.